The predicted octanol–water partition coefficient (Wildman–Crippen LogP) is 2.58. The highest BCUT2D eigenvalue weighted by molar-refractivity contribution is 7.92. The van der Waals surface area contributed by atoms with E-state index < -0.39 is 38.5 Å². The predicted molar refractivity (Wildman–Crippen MR) is 66.3 cm³/mol. The molecule has 0 spiro atoms. The molecule has 22 heavy (non-hydrogen) atoms. The van der Waals surface area contributed by atoms with Gasteiger partial charge in [-0.2, -0.15) is 18.2 Å². The summed E-state index contributed by atoms with van der Waals surface area (Å²) < 4.78 is 75.1. The molecule has 1 aromatic carbocycles. The monoisotopic (exact) mass is 335 g/mol. The van der Waals surface area contributed by atoms with Gasteiger partial charge in [-0.1, -0.05) is 30.3 Å². The van der Waals surface area contributed by atoms with Crippen molar-refractivity contribution in [3.8, 4) is 0 Å². The Labute approximate surface area is 122 Å². The SMILES string of the molecule is O=S(=O)(c1nc2n(n1)[C@H](c1ccccc1)C[C@@H]2F)C(F)(F)F. The van der Waals surface area contributed by atoms with E-state index in [0.717, 1.165) is 4.68 Å². The minimum atomic E-state index is -5.69. The number of aromatic nitrogens is 3. The number of hydrogen-bond donors (Lipinski definition) is 0. The van der Waals surface area contributed by atoms with Crippen molar-refractivity contribution >= 4 is 9.84 Å². The Morgan fingerprint density at radius 1 is 1.18 bits per heavy atom. The highest BCUT2D eigenvalue weighted by Crippen LogP contribution is 2.40. The standard InChI is InChI=1S/C12H9F4N3O2S/c13-8-6-9(7-4-2-1-3-5-7)19-10(8)17-11(18-19)22(20,21)12(14,15)16/h1-5,8-9H,6H2/t8-,9-/m0/s1. The molecule has 0 radical (unpaired) electrons. The number of fused-ring (bicyclic) bond motifs is 1. The van der Waals surface area contributed by atoms with Crippen molar-refractivity contribution in [1.29, 1.82) is 0 Å². The van der Waals surface area contributed by atoms with Gasteiger partial charge in [0.15, 0.2) is 12.0 Å². The van der Waals surface area contributed by atoms with E-state index in [1.807, 2.05) is 0 Å². The van der Waals surface area contributed by atoms with E-state index in [9.17, 15) is 26.0 Å². The Balaban J connectivity index is 2.08. The zero-order chi connectivity index (χ0) is 16.1. The molecule has 1 aliphatic heterocycles. The Morgan fingerprint density at radius 2 is 1.82 bits per heavy atom. The molecule has 1 aliphatic rings. The highest BCUT2D eigenvalue weighted by atomic mass is 32.2. The minimum Gasteiger partial charge on any atom is -0.239 e. The van der Waals surface area contributed by atoms with Gasteiger partial charge in [-0.25, -0.2) is 17.5 Å². The molecule has 2 heterocycles. The first-order chi connectivity index (χ1) is 10.2. The van der Waals surface area contributed by atoms with Gasteiger partial charge in [-0.15, -0.1) is 5.10 Å². The van der Waals surface area contributed by atoms with Crippen molar-refractivity contribution in [2.45, 2.75) is 29.3 Å². The molecule has 0 amide bonds. The molecule has 0 aliphatic carbocycles. The van der Waals surface area contributed by atoms with Gasteiger partial charge in [0.2, 0.25) is 0 Å². The third-order valence-electron chi connectivity index (χ3n) is 3.37. The molecule has 0 bridgehead atoms. The number of benzene rings is 1. The van der Waals surface area contributed by atoms with E-state index in [2.05, 4.69) is 10.1 Å². The number of hydrogen-bond acceptors (Lipinski definition) is 4. The van der Waals surface area contributed by atoms with Gasteiger partial charge in [0.25, 0.3) is 5.16 Å². The van der Waals surface area contributed by atoms with Crippen LogP contribution in [0.1, 0.15) is 30.0 Å². The molecule has 0 saturated carbocycles. The van der Waals surface area contributed by atoms with Crippen LogP contribution in [0.15, 0.2) is 35.5 Å². The Kier molecular flexibility index (Phi) is 3.24. The van der Waals surface area contributed by atoms with Crippen LogP contribution in [0.2, 0.25) is 0 Å². The maximum Gasteiger partial charge on any atom is 0.505 e. The molecule has 0 N–H and O–H groups in total. The fourth-order valence-electron chi connectivity index (χ4n) is 2.33. The van der Waals surface area contributed by atoms with E-state index in [4.69, 9.17) is 0 Å². The van der Waals surface area contributed by atoms with Crippen LogP contribution in [0.3, 0.4) is 0 Å². The van der Waals surface area contributed by atoms with Gasteiger partial charge in [-0.05, 0) is 5.56 Å². The topological polar surface area (TPSA) is 64.8 Å². The summed E-state index contributed by atoms with van der Waals surface area (Å²) in [5.41, 5.74) is -4.91. The fraction of sp³-hybridized carbons (Fsp3) is 0.333. The average Bonchev–Trinajstić information content (AvgIpc) is 3.00. The van der Waals surface area contributed by atoms with Gasteiger partial charge in [-0.3, -0.25) is 0 Å². The summed E-state index contributed by atoms with van der Waals surface area (Å²) in [5.74, 6) is -0.406. The molecular weight excluding hydrogens is 326 g/mol. The Morgan fingerprint density at radius 3 is 2.41 bits per heavy atom. The highest BCUT2D eigenvalue weighted by Gasteiger charge is 2.51. The lowest BCUT2D eigenvalue weighted by Gasteiger charge is -2.11. The molecule has 10 heteroatoms. The van der Waals surface area contributed by atoms with Gasteiger partial charge in [0.05, 0.1) is 6.04 Å². The van der Waals surface area contributed by atoms with Crippen LogP contribution < -0.4 is 0 Å². The van der Waals surface area contributed by atoms with Crippen molar-refractivity contribution in [1.82, 2.24) is 14.8 Å². The third kappa shape index (κ3) is 2.18. The van der Waals surface area contributed by atoms with Crippen LogP contribution >= 0.6 is 0 Å². The number of alkyl halides is 4. The molecule has 0 fully saturated rings. The summed E-state index contributed by atoms with van der Waals surface area (Å²) in [6.45, 7) is 0. The van der Waals surface area contributed by atoms with E-state index in [-0.39, 0.29) is 6.42 Å². The van der Waals surface area contributed by atoms with Crippen molar-refractivity contribution < 1.29 is 26.0 Å². The molecule has 118 valence electrons. The molecular formula is C12H9F4N3O2S. The summed E-state index contributed by atoms with van der Waals surface area (Å²) in [6, 6.07) is 7.73. The van der Waals surface area contributed by atoms with Crippen molar-refractivity contribution in [3.63, 3.8) is 0 Å². The summed E-state index contributed by atoms with van der Waals surface area (Å²) in [6.07, 6.45) is -1.72. The summed E-state index contributed by atoms with van der Waals surface area (Å²) in [4.78, 5) is 3.25. The summed E-state index contributed by atoms with van der Waals surface area (Å²) in [7, 11) is -5.69. The Bertz CT molecular complexity index is 802. The van der Waals surface area contributed by atoms with E-state index >= 15 is 0 Å². The number of nitrogens with zero attached hydrogens (tertiary/aromatic N) is 3. The van der Waals surface area contributed by atoms with Gasteiger partial charge >= 0.3 is 15.3 Å². The van der Waals surface area contributed by atoms with Gasteiger partial charge in [0.1, 0.15) is 0 Å². The van der Waals surface area contributed by atoms with Crippen molar-refractivity contribution in [2.75, 3.05) is 0 Å². The van der Waals surface area contributed by atoms with Crippen LogP contribution in [0, 0.1) is 0 Å². The van der Waals surface area contributed by atoms with E-state index in [1.54, 1.807) is 30.3 Å². The maximum atomic E-state index is 14.0. The first-order valence-corrected chi connectivity index (χ1v) is 7.67. The number of halogens is 4. The molecule has 2 atom stereocenters. The van der Waals surface area contributed by atoms with E-state index in [1.165, 1.54) is 0 Å². The van der Waals surface area contributed by atoms with Crippen LogP contribution in [0.4, 0.5) is 17.6 Å². The first kappa shape index (κ1) is 14.9. The van der Waals surface area contributed by atoms with Gasteiger partial charge < -0.3 is 0 Å². The van der Waals surface area contributed by atoms with Crippen LogP contribution in [-0.2, 0) is 9.84 Å². The zero-order valence-electron chi connectivity index (χ0n) is 10.8. The molecule has 0 unspecified atom stereocenters. The zero-order valence-corrected chi connectivity index (χ0v) is 11.6. The first-order valence-electron chi connectivity index (χ1n) is 6.18. The van der Waals surface area contributed by atoms with Crippen LogP contribution in [0.25, 0.3) is 0 Å². The molecule has 2 aromatic rings. The third-order valence-corrected chi connectivity index (χ3v) is 4.64. The lowest BCUT2D eigenvalue weighted by Crippen LogP contribution is -2.25. The second-order valence-electron chi connectivity index (χ2n) is 4.78. The number of sulfone groups is 1. The normalized spacial score (nSPS) is 21.8. The summed E-state index contributed by atoms with van der Waals surface area (Å²) >= 11 is 0. The minimum absolute atomic E-state index is 0.0499. The molecule has 5 nitrogen and oxygen atoms in total. The second-order valence-corrected chi connectivity index (χ2v) is 6.61. The average molecular weight is 335 g/mol. The fourth-order valence-corrected chi connectivity index (χ4v) is 2.95. The quantitative estimate of drug-likeness (QED) is 0.791. The Hall–Kier alpha value is -1.97. The van der Waals surface area contributed by atoms with E-state index in [0.29, 0.717) is 5.56 Å². The molecule has 1 aromatic heterocycles. The largest absolute Gasteiger partial charge is 0.505 e. The maximum absolute atomic E-state index is 14.0. The molecule has 0 saturated heterocycles. The van der Waals surface area contributed by atoms with Crippen LogP contribution in [0.5, 0.6) is 0 Å². The lowest BCUT2D eigenvalue weighted by atomic mass is 10.0. The second kappa shape index (κ2) is 4.77. The summed E-state index contributed by atoms with van der Waals surface area (Å²) in [5, 5.41) is 1.98. The lowest BCUT2D eigenvalue weighted by molar-refractivity contribution is -0.0440. The van der Waals surface area contributed by atoms with Crippen LogP contribution in [-0.4, -0.2) is 28.7 Å². The molecule has 3 rings (SSSR count). The number of rotatable bonds is 2. The smallest absolute Gasteiger partial charge is 0.239 e. The van der Waals surface area contributed by atoms with Crippen molar-refractivity contribution in [2.24, 2.45) is 0 Å². The van der Waals surface area contributed by atoms with Crippen molar-refractivity contribution in [3.05, 3.63) is 41.7 Å². The van der Waals surface area contributed by atoms with Gasteiger partial charge in [0, 0.05) is 6.42 Å².